The second kappa shape index (κ2) is 10.7. The number of rotatable bonds is 9. The summed E-state index contributed by atoms with van der Waals surface area (Å²) < 4.78 is 11.2. The van der Waals surface area contributed by atoms with E-state index in [1.807, 2.05) is 43.3 Å². The van der Waals surface area contributed by atoms with E-state index in [4.69, 9.17) is 21.1 Å². The molecule has 0 aromatic heterocycles. The topological polar surface area (TPSA) is 84.9 Å². The minimum atomic E-state index is -0.368. The fourth-order valence-corrected chi connectivity index (χ4v) is 5.49. The molecule has 2 heterocycles. The van der Waals surface area contributed by atoms with Crippen LogP contribution in [0, 0.1) is 0 Å². The van der Waals surface area contributed by atoms with Gasteiger partial charge in [-0.1, -0.05) is 41.6 Å². The monoisotopic (exact) mass is 506 g/mol. The van der Waals surface area contributed by atoms with Crippen molar-refractivity contribution in [2.45, 2.75) is 35.6 Å². The molecular formula is C23H23ClN2O5S2. The van der Waals surface area contributed by atoms with E-state index in [1.54, 1.807) is 28.8 Å². The lowest BCUT2D eigenvalue weighted by Crippen LogP contribution is -2.36. The van der Waals surface area contributed by atoms with Crippen LogP contribution in [0.4, 0.5) is 9.59 Å². The molecule has 0 spiro atoms. The van der Waals surface area contributed by atoms with Crippen molar-refractivity contribution in [1.29, 1.82) is 0 Å². The fraction of sp³-hybridized carbons (Fsp3) is 0.348. The van der Waals surface area contributed by atoms with E-state index in [0.717, 1.165) is 22.2 Å². The maximum Gasteiger partial charge on any atom is 0.410 e. The van der Waals surface area contributed by atoms with Crippen molar-refractivity contribution in [2.24, 2.45) is 0 Å². The number of halogens is 1. The number of nitrogens with one attached hydrogen (secondary N) is 1. The van der Waals surface area contributed by atoms with Crippen LogP contribution in [0.3, 0.4) is 0 Å². The Kier molecular flexibility index (Phi) is 7.72. The Morgan fingerprint density at radius 2 is 2.03 bits per heavy atom. The maximum atomic E-state index is 12.3. The predicted molar refractivity (Wildman–Crippen MR) is 129 cm³/mol. The van der Waals surface area contributed by atoms with Crippen LogP contribution in [0.5, 0.6) is 5.75 Å². The van der Waals surface area contributed by atoms with Crippen LogP contribution < -0.4 is 10.1 Å². The van der Waals surface area contributed by atoms with Crippen molar-refractivity contribution in [1.82, 2.24) is 10.2 Å². The molecule has 0 radical (unpaired) electrons. The average molecular weight is 507 g/mol. The SMILES string of the molecule is CC(CSc1ccc(CC2SC(=O)NC2=O)cc1)N1CC(COc2cccc(Cl)c2)OC1=O. The van der Waals surface area contributed by atoms with Crippen LogP contribution in [-0.2, 0) is 16.0 Å². The Labute approximate surface area is 205 Å². The first kappa shape index (κ1) is 23.8. The molecule has 1 N–H and O–H groups in total. The first-order valence-corrected chi connectivity index (χ1v) is 12.7. The third-order valence-electron chi connectivity index (χ3n) is 5.27. The van der Waals surface area contributed by atoms with Crippen LogP contribution in [-0.4, -0.2) is 58.4 Å². The van der Waals surface area contributed by atoms with Gasteiger partial charge in [0.15, 0.2) is 6.10 Å². The summed E-state index contributed by atoms with van der Waals surface area (Å²) in [5.74, 6) is 1.12. The second-order valence-electron chi connectivity index (χ2n) is 7.82. The second-order valence-corrected chi connectivity index (χ2v) is 10.5. The summed E-state index contributed by atoms with van der Waals surface area (Å²) in [5.41, 5.74) is 1.00. The van der Waals surface area contributed by atoms with Crippen LogP contribution in [0.25, 0.3) is 0 Å². The number of nitrogens with zero attached hydrogens (tertiary/aromatic N) is 1. The van der Waals surface area contributed by atoms with Gasteiger partial charge in [-0.2, -0.15) is 0 Å². The van der Waals surface area contributed by atoms with E-state index in [0.29, 0.717) is 29.5 Å². The van der Waals surface area contributed by atoms with Crippen molar-refractivity contribution in [3.05, 3.63) is 59.1 Å². The highest BCUT2D eigenvalue weighted by atomic mass is 35.5. The standard InChI is InChI=1S/C23H23ClN2O5S2/c1-14(26-11-18(31-23(26)29)12-30-17-4-2-3-16(24)10-17)13-32-19-7-5-15(6-8-19)9-20-21(27)25-22(28)33-20/h2-8,10,14,18,20H,9,11-13H2,1H3,(H,25,27,28). The normalized spacial score (nSPS) is 21.2. The number of carbonyl (C=O) groups excluding carboxylic acids is 3. The molecule has 3 amide bonds. The number of cyclic esters (lactones) is 1. The van der Waals surface area contributed by atoms with E-state index in [9.17, 15) is 14.4 Å². The summed E-state index contributed by atoms with van der Waals surface area (Å²) in [7, 11) is 0. The Hall–Kier alpha value is -2.36. The van der Waals surface area contributed by atoms with Crippen LogP contribution in [0.1, 0.15) is 12.5 Å². The highest BCUT2D eigenvalue weighted by Crippen LogP contribution is 2.26. The van der Waals surface area contributed by atoms with Gasteiger partial charge in [0.25, 0.3) is 5.24 Å². The lowest BCUT2D eigenvalue weighted by atomic mass is 10.1. The summed E-state index contributed by atoms with van der Waals surface area (Å²) >= 11 is 8.65. The van der Waals surface area contributed by atoms with Gasteiger partial charge in [-0.05, 0) is 49.2 Å². The smallest absolute Gasteiger partial charge is 0.410 e. The Balaban J connectivity index is 1.23. The van der Waals surface area contributed by atoms with Crippen molar-refractivity contribution in [3.63, 3.8) is 0 Å². The van der Waals surface area contributed by atoms with Gasteiger partial charge in [0.05, 0.1) is 11.8 Å². The van der Waals surface area contributed by atoms with Crippen LogP contribution in [0.2, 0.25) is 5.02 Å². The zero-order valence-electron chi connectivity index (χ0n) is 17.9. The molecule has 3 unspecified atom stereocenters. The summed E-state index contributed by atoms with van der Waals surface area (Å²) in [6.45, 7) is 2.74. The molecule has 2 aromatic carbocycles. The highest BCUT2D eigenvalue weighted by molar-refractivity contribution is 8.15. The molecule has 7 nitrogen and oxygen atoms in total. The Morgan fingerprint density at radius 1 is 1.24 bits per heavy atom. The number of benzene rings is 2. The molecule has 174 valence electrons. The van der Waals surface area contributed by atoms with Crippen molar-refractivity contribution in [3.8, 4) is 5.75 Å². The number of hydrogen-bond donors (Lipinski definition) is 1. The zero-order chi connectivity index (χ0) is 23.4. The molecule has 2 aromatic rings. The molecule has 2 aliphatic heterocycles. The van der Waals surface area contributed by atoms with Gasteiger partial charge in [0.1, 0.15) is 12.4 Å². The van der Waals surface area contributed by atoms with Crippen molar-refractivity contribution >= 4 is 52.4 Å². The van der Waals surface area contributed by atoms with Crippen molar-refractivity contribution in [2.75, 3.05) is 18.9 Å². The third kappa shape index (κ3) is 6.37. The van der Waals surface area contributed by atoms with Gasteiger partial charge in [-0.25, -0.2) is 4.79 Å². The maximum absolute atomic E-state index is 12.3. The van der Waals surface area contributed by atoms with Gasteiger partial charge >= 0.3 is 6.09 Å². The minimum Gasteiger partial charge on any atom is -0.490 e. The van der Waals surface area contributed by atoms with E-state index in [2.05, 4.69) is 5.32 Å². The molecule has 4 rings (SSSR count). The molecular weight excluding hydrogens is 484 g/mol. The Bertz CT molecular complexity index is 1040. The van der Waals surface area contributed by atoms with E-state index in [1.165, 1.54) is 0 Å². The molecule has 33 heavy (non-hydrogen) atoms. The van der Waals surface area contributed by atoms with Crippen molar-refractivity contribution < 1.29 is 23.9 Å². The zero-order valence-corrected chi connectivity index (χ0v) is 20.3. The minimum absolute atomic E-state index is 0.0112. The third-order valence-corrected chi connectivity index (χ3v) is 7.74. The molecule has 0 bridgehead atoms. The first-order valence-electron chi connectivity index (χ1n) is 10.5. The number of carbonyl (C=O) groups is 3. The molecule has 2 aliphatic rings. The molecule has 2 fully saturated rings. The van der Waals surface area contributed by atoms with Gasteiger partial charge in [0, 0.05) is 21.7 Å². The number of hydrogen-bond acceptors (Lipinski definition) is 7. The number of amides is 3. The molecule has 3 atom stereocenters. The fourth-order valence-electron chi connectivity index (χ4n) is 3.50. The average Bonchev–Trinajstić information content (AvgIpc) is 3.32. The lowest BCUT2D eigenvalue weighted by Gasteiger charge is -2.21. The predicted octanol–water partition coefficient (Wildman–Crippen LogP) is 4.61. The largest absolute Gasteiger partial charge is 0.490 e. The van der Waals surface area contributed by atoms with Crippen LogP contribution in [0.15, 0.2) is 53.4 Å². The summed E-state index contributed by atoms with van der Waals surface area (Å²) in [6.07, 6.45) is -0.150. The molecule has 10 heteroatoms. The van der Waals surface area contributed by atoms with E-state index >= 15 is 0 Å². The number of thioether (sulfide) groups is 2. The molecule has 0 aliphatic carbocycles. The summed E-state index contributed by atoms with van der Waals surface area (Å²) in [5, 5.41) is 2.25. The molecule has 2 saturated heterocycles. The van der Waals surface area contributed by atoms with Gasteiger partial charge in [-0.15, -0.1) is 11.8 Å². The van der Waals surface area contributed by atoms with Gasteiger partial charge < -0.3 is 14.4 Å². The quantitative estimate of drug-likeness (QED) is 0.497. The summed E-state index contributed by atoms with van der Waals surface area (Å²) in [6, 6.07) is 15.0. The van der Waals surface area contributed by atoms with Gasteiger partial charge in [0.2, 0.25) is 5.91 Å². The van der Waals surface area contributed by atoms with Crippen LogP contribution >= 0.6 is 35.1 Å². The first-order chi connectivity index (χ1) is 15.9. The highest BCUT2D eigenvalue weighted by Gasteiger charge is 2.35. The summed E-state index contributed by atoms with van der Waals surface area (Å²) in [4.78, 5) is 38.1. The lowest BCUT2D eigenvalue weighted by molar-refractivity contribution is -0.118. The number of imide groups is 1. The van der Waals surface area contributed by atoms with E-state index in [-0.39, 0.29) is 41.2 Å². The number of ether oxygens (including phenoxy) is 2. The Morgan fingerprint density at radius 3 is 2.73 bits per heavy atom. The van der Waals surface area contributed by atoms with Gasteiger partial charge in [-0.3, -0.25) is 14.9 Å². The van der Waals surface area contributed by atoms with E-state index < -0.39 is 0 Å². The molecule has 0 saturated carbocycles.